The summed E-state index contributed by atoms with van der Waals surface area (Å²) < 4.78 is 2.42. The highest BCUT2D eigenvalue weighted by atomic mass is 15.2. The number of nitrogens with zero attached hydrogens (tertiary/aromatic N) is 3. The first-order valence-electron chi connectivity index (χ1n) is 6.16. The molecule has 2 rings (SSSR count). The van der Waals surface area contributed by atoms with Crippen LogP contribution >= 0.6 is 0 Å². The van der Waals surface area contributed by atoms with E-state index in [2.05, 4.69) is 28.8 Å². The molecule has 0 bridgehead atoms. The highest BCUT2D eigenvalue weighted by molar-refractivity contribution is 5.19. The van der Waals surface area contributed by atoms with Crippen LogP contribution in [0.3, 0.4) is 0 Å². The number of hydrogen-bond donors (Lipinski definition) is 1. The number of nitrogens with one attached hydrogen (secondary N) is 1. The second-order valence-corrected chi connectivity index (χ2v) is 4.52. The Kier molecular flexibility index (Phi) is 3.61. The van der Waals surface area contributed by atoms with E-state index >= 15 is 0 Å². The maximum atomic E-state index is 4.78. The minimum atomic E-state index is 1.01. The molecule has 1 aromatic rings. The van der Waals surface area contributed by atoms with E-state index in [9.17, 15) is 0 Å². The molecule has 1 aliphatic heterocycles. The van der Waals surface area contributed by atoms with Gasteiger partial charge in [-0.15, -0.1) is 0 Å². The van der Waals surface area contributed by atoms with Crippen molar-refractivity contribution in [3.05, 3.63) is 17.2 Å². The van der Waals surface area contributed by atoms with Crippen LogP contribution in [0, 0.1) is 0 Å². The lowest BCUT2D eigenvalue weighted by Crippen LogP contribution is -2.31. The average Bonchev–Trinajstić information content (AvgIpc) is 2.64. The van der Waals surface area contributed by atoms with Gasteiger partial charge in [-0.2, -0.15) is 0 Å². The summed E-state index contributed by atoms with van der Waals surface area (Å²) in [5.41, 5.74) is 2.72. The first kappa shape index (κ1) is 11.6. The zero-order chi connectivity index (χ0) is 11.5. The Hall–Kier alpha value is -0.870. The van der Waals surface area contributed by atoms with Gasteiger partial charge in [-0.25, -0.2) is 4.98 Å². The average molecular weight is 222 g/mol. The number of rotatable bonds is 4. The lowest BCUT2D eigenvalue weighted by Gasteiger charge is -2.25. The van der Waals surface area contributed by atoms with Gasteiger partial charge in [0.2, 0.25) is 0 Å². The fourth-order valence-electron chi connectivity index (χ4n) is 2.35. The fraction of sp³-hybridized carbons (Fsp3) is 0.750. The third-order valence-electron chi connectivity index (χ3n) is 3.29. The molecule has 0 radical (unpaired) electrons. The first-order valence-corrected chi connectivity index (χ1v) is 6.16. The van der Waals surface area contributed by atoms with Crippen molar-refractivity contribution in [2.75, 3.05) is 27.2 Å². The Morgan fingerprint density at radius 1 is 1.38 bits per heavy atom. The van der Waals surface area contributed by atoms with Crippen LogP contribution in [0.5, 0.6) is 0 Å². The van der Waals surface area contributed by atoms with Crippen molar-refractivity contribution in [1.29, 1.82) is 0 Å². The molecule has 0 amide bonds. The summed E-state index contributed by atoms with van der Waals surface area (Å²) in [4.78, 5) is 7.15. The maximum Gasteiger partial charge on any atom is 0.108 e. The summed E-state index contributed by atoms with van der Waals surface area (Å²) in [5, 5.41) is 3.20. The van der Waals surface area contributed by atoms with E-state index in [1.165, 1.54) is 17.2 Å². The van der Waals surface area contributed by atoms with Gasteiger partial charge in [0.25, 0.3) is 0 Å². The van der Waals surface area contributed by atoms with Crippen molar-refractivity contribution in [3.63, 3.8) is 0 Å². The van der Waals surface area contributed by atoms with E-state index in [1.54, 1.807) is 0 Å². The van der Waals surface area contributed by atoms with Gasteiger partial charge in [0.1, 0.15) is 5.82 Å². The molecule has 0 fully saturated rings. The second kappa shape index (κ2) is 4.97. The van der Waals surface area contributed by atoms with Crippen molar-refractivity contribution in [3.8, 4) is 0 Å². The fourth-order valence-corrected chi connectivity index (χ4v) is 2.35. The molecule has 2 heterocycles. The first-order chi connectivity index (χ1) is 7.76. The van der Waals surface area contributed by atoms with Crippen LogP contribution < -0.4 is 5.32 Å². The van der Waals surface area contributed by atoms with E-state index < -0.39 is 0 Å². The summed E-state index contributed by atoms with van der Waals surface area (Å²) in [5.74, 6) is 1.26. The largest absolute Gasteiger partial charge is 0.329 e. The van der Waals surface area contributed by atoms with Crippen LogP contribution in [0.25, 0.3) is 0 Å². The monoisotopic (exact) mass is 222 g/mol. The minimum absolute atomic E-state index is 1.01. The van der Waals surface area contributed by atoms with Crippen LogP contribution in [0.1, 0.15) is 24.1 Å². The number of likely N-dealkylation sites (N-methyl/N-ethyl adjacent to an activating group) is 2. The van der Waals surface area contributed by atoms with Crippen LogP contribution in [0.4, 0.5) is 0 Å². The van der Waals surface area contributed by atoms with E-state index in [4.69, 9.17) is 4.98 Å². The van der Waals surface area contributed by atoms with Gasteiger partial charge >= 0.3 is 0 Å². The zero-order valence-electron chi connectivity index (χ0n) is 10.6. The Morgan fingerprint density at radius 2 is 2.19 bits per heavy atom. The molecular weight excluding hydrogens is 200 g/mol. The maximum absolute atomic E-state index is 4.78. The molecule has 0 aromatic carbocycles. The quantitative estimate of drug-likeness (QED) is 0.812. The Morgan fingerprint density at radius 3 is 2.88 bits per heavy atom. The molecule has 1 N–H and O–H groups in total. The molecule has 16 heavy (non-hydrogen) atoms. The van der Waals surface area contributed by atoms with Gasteiger partial charge in [0.15, 0.2) is 0 Å². The summed E-state index contributed by atoms with van der Waals surface area (Å²) in [6.45, 7) is 6.49. The molecule has 90 valence electrons. The van der Waals surface area contributed by atoms with E-state index in [0.29, 0.717) is 0 Å². The predicted molar refractivity (Wildman–Crippen MR) is 65.6 cm³/mol. The Bertz CT molecular complexity index is 356. The van der Waals surface area contributed by atoms with E-state index in [-0.39, 0.29) is 0 Å². The number of hydrogen-bond acceptors (Lipinski definition) is 3. The molecule has 1 aromatic heterocycles. The van der Waals surface area contributed by atoms with Crippen molar-refractivity contribution < 1.29 is 0 Å². The van der Waals surface area contributed by atoms with Gasteiger partial charge in [-0.05, 0) is 14.1 Å². The molecule has 0 aliphatic carbocycles. The Labute approximate surface area is 97.7 Å². The second-order valence-electron chi connectivity index (χ2n) is 4.52. The van der Waals surface area contributed by atoms with E-state index in [1.807, 2.05) is 7.05 Å². The lowest BCUT2D eigenvalue weighted by molar-refractivity contribution is 0.266. The minimum Gasteiger partial charge on any atom is -0.329 e. The number of imidazole rings is 1. The standard InChI is InChI=1S/C12H22N4/c1-4-12-14-10(5-6-13-2)11-9-15(3)7-8-16(11)12/h13H,4-9H2,1-3H3. The molecule has 0 saturated heterocycles. The van der Waals surface area contributed by atoms with Crippen molar-refractivity contribution in [1.82, 2.24) is 19.8 Å². The predicted octanol–water partition coefficient (Wildman–Crippen LogP) is 0.653. The summed E-state index contributed by atoms with van der Waals surface area (Å²) in [7, 11) is 4.18. The molecule has 4 heteroatoms. The molecule has 0 spiro atoms. The van der Waals surface area contributed by atoms with E-state index in [0.717, 1.165) is 39.0 Å². The third kappa shape index (κ3) is 2.13. The van der Waals surface area contributed by atoms with Crippen LogP contribution in [-0.4, -0.2) is 41.6 Å². The molecule has 1 aliphatic rings. The number of aryl methyl sites for hydroxylation is 1. The summed E-state index contributed by atoms with van der Waals surface area (Å²) >= 11 is 0. The van der Waals surface area contributed by atoms with Gasteiger partial charge in [-0.1, -0.05) is 6.92 Å². The van der Waals surface area contributed by atoms with Crippen molar-refractivity contribution in [2.45, 2.75) is 32.9 Å². The third-order valence-corrected chi connectivity index (χ3v) is 3.29. The van der Waals surface area contributed by atoms with Gasteiger partial charge in [0.05, 0.1) is 11.4 Å². The topological polar surface area (TPSA) is 33.1 Å². The number of aromatic nitrogens is 2. The number of fused-ring (bicyclic) bond motifs is 1. The van der Waals surface area contributed by atoms with Gasteiger partial charge in [0, 0.05) is 39.0 Å². The van der Waals surface area contributed by atoms with Crippen molar-refractivity contribution >= 4 is 0 Å². The van der Waals surface area contributed by atoms with Gasteiger partial charge in [-0.3, -0.25) is 4.90 Å². The van der Waals surface area contributed by atoms with Crippen molar-refractivity contribution in [2.24, 2.45) is 0 Å². The Balaban J connectivity index is 2.27. The normalized spacial score (nSPS) is 16.4. The highest BCUT2D eigenvalue weighted by Crippen LogP contribution is 2.19. The smallest absolute Gasteiger partial charge is 0.108 e. The zero-order valence-corrected chi connectivity index (χ0v) is 10.6. The lowest BCUT2D eigenvalue weighted by atomic mass is 10.2. The molecule has 0 unspecified atom stereocenters. The van der Waals surface area contributed by atoms with Gasteiger partial charge < -0.3 is 9.88 Å². The summed E-state index contributed by atoms with van der Waals surface area (Å²) in [6, 6.07) is 0. The van der Waals surface area contributed by atoms with Crippen LogP contribution in [0.2, 0.25) is 0 Å². The highest BCUT2D eigenvalue weighted by Gasteiger charge is 2.20. The van der Waals surface area contributed by atoms with Crippen LogP contribution in [-0.2, 0) is 25.9 Å². The molecule has 0 atom stereocenters. The molecular formula is C12H22N4. The summed E-state index contributed by atoms with van der Waals surface area (Å²) in [6.07, 6.45) is 2.08. The molecule has 0 saturated carbocycles. The van der Waals surface area contributed by atoms with Crippen LogP contribution in [0.15, 0.2) is 0 Å². The molecule has 4 nitrogen and oxygen atoms in total. The SMILES string of the molecule is CCc1nc(CCNC)c2n1CCN(C)C2.